The van der Waals surface area contributed by atoms with Crippen LogP contribution >= 0.6 is 0 Å². The zero-order valence-electron chi connectivity index (χ0n) is 17.7. The Morgan fingerprint density at radius 1 is 1.18 bits per heavy atom. The molecule has 0 radical (unpaired) electrons. The highest BCUT2D eigenvalue weighted by Gasteiger charge is 2.44. The van der Waals surface area contributed by atoms with E-state index in [1.807, 2.05) is 32.6 Å². The molecule has 2 aliphatic heterocycles. The Morgan fingerprint density at radius 3 is 2.32 bits per heavy atom. The van der Waals surface area contributed by atoms with E-state index in [1.54, 1.807) is 0 Å². The number of rotatable bonds is 6. The molecule has 6 heteroatoms. The highest BCUT2D eigenvalue weighted by Crippen LogP contribution is 2.34. The van der Waals surface area contributed by atoms with Crippen LogP contribution in [0.3, 0.4) is 0 Å². The summed E-state index contributed by atoms with van der Waals surface area (Å²) in [5, 5.41) is 0. The Labute approximate surface area is 169 Å². The third-order valence-electron chi connectivity index (χ3n) is 5.42. The van der Waals surface area contributed by atoms with Gasteiger partial charge < -0.3 is 20.1 Å². The minimum absolute atomic E-state index is 0.0269. The van der Waals surface area contributed by atoms with Gasteiger partial charge in [-0.2, -0.15) is 0 Å². The average Bonchev–Trinajstić information content (AvgIpc) is 2.89. The van der Waals surface area contributed by atoms with Crippen LogP contribution in [0, 0.1) is 0 Å². The van der Waals surface area contributed by atoms with E-state index >= 15 is 0 Å². The predicted molar refractivity (Wildman–Crippen MR) is 112 cm³/mol. The van der Waals surface area contributed by atoms with Gasteiger partial charge in [0.05, 0.1) is 18.7 Å². The van der Waals surface area contributed by atoms with E-state index in [4.69, 9.17) is 15.2 Å². The largest absolute Gasteiger partial charge is 0.444 e. The van der Waals surface area contributed by atoms with Gasteiger partial charge in [-0.15, -0.1) is 0 Å². The summed E-state index contributed by atoms with van der Waals surface area (Å²) in [6.07, 6.45) is 2.74. The number of benzene rings is 1. The molecule has 2 heterocycles. The highest BCUT2D eigenvalue weighted by atomic mass is 16.6. The lowest BCUT2D eigenvalue weighted by Gasteiger charge is -2.42. The SMILES string of the molecule is CCOC[C@@H](N)Cc1ccc(N2C[C@H]3CC[C@@H](C2)N3C(=O)OC(C)(C)C)cc1. The molecule has 2 fully saturated rings. The first-order valence-electron chi connectivity index (χ1n) is 10.5. The second-order valence-electron chi connectivity index (χ2n) is 8.97. The van der Waals surface area contributed by atoms with E-state index in [2.05, 4.69) is 29.2 Å². The van der Waals surface area contributed by atoms with Crippen molar-refractivity contribution in [2.75, 3.05) is 31.2 Å². The number of nitrogens with zero attached hydrogens (tertiary/aromatic N) is 2. The van der Waals surface area contributed by atoms with Crippen LogP contribution < -0.4 is 10.6 Å². The molecule has 0 aromatic heterocycles. The van der Waals surface area contributed by atoms with Gasteiger partial charge in [0.25, 0.3) is 0 Å². The second kappa shape index (κ2) is 8.70. The number of ether oxygens (including phenoxy) is 2. The van der Waals surface area contributed by atoms with Crippen LogP contribution in [-0.2, 0) is 15.9 Å². The average molecular weight is 390 g/mol. The van der Waals surface area contributed by atoms with E-state index in [1.165, 1.54) is 11.3 Å². The van der Waals surface area contributed by atoms with Crippen LogP contribution in [0.2, 0.25) is 0 Å². The first kappa shape index (κ1) is 20.9. The molecule has 1 aromatic carbocycles. The number of fused-ring (bicyclic) bond motifs is 2. The molecule has 2 bridgehead atoms. The lowest BCUT2D eigenvalue weighted by Crippen LogP contribution is -2.56. The molecule has 0 unspecified atom stereocenters. The molecule has 0 saturated carbocycles. The van der Waals surface area contributed by atoms with Crippen molar-refractivity contribution in [3.8, 4) is 0 Å². The summed E-state index contributed by atoms with van der Waals surface area (Å²) < 4.78 is 11.0. The number of amides is 1. The summed E-state index contributed by atoms with van der Waals surface area (Å²) in [5.74, 6) is 0. The van der Waals surface area contributed by atoms with Gasteiger partial charge in [-0.3, -0.25) is 4.90 Å². The number of carbonyl (C=O) groups excluding carboxylic acids is 1. The molecule has 2 N–H and O–H groups in total. The molecule has 1 aromatic rings. The van der Waals surface area contributed by atoms with Gasteiger partial charge in [-0.25, -0.2) is 4.79 Å². The maximum absolute atomic E-state index is 12.6. The fourth-order valence-corrected chi connectivity index (χ4v) is 4.20. The van der Waals surface area contributed by atoms with Crippen LogP contribution in [0.25, 0.3) is 0 Å². The topological polar surface area (TPSA) is 68.0 Å². The monoisotopic (exact) mass is 389 g/mol. The first-order chi connectivity index (χ1) is 13.3. The molecule has 3 atom stereocenters. The van der Waals surface area contributed by atoms with Crippen molar-refractivity contribution in [1.29, 1.82) is 0 Å². The van der Waals surface area contributed by atoms with Gasteiger partial charge in [0.15, 0.2) is 0 Å². The maximum atomic E-state index is 12.6. The van der Waals surface area contributed by atoms with Gasteiger partial charge >= 0.3 is 6.09 Å². The van der Waals surface area contributed by atoms with Crippen LogP contribution in [0.5, 0.6) is 0 Å². The standard InChI is InChI=1S/C22H35N3O3/c1-5-27-15-17(23)12-16-6-8-18(9-7-16)24-13-19-10-11-20(14-24)25(19)21(26)28-22(2,3)4/h6-9,17,19-20H,5,10-15,23H2,1-4H3/t17-,19-,20+/m0/s1. The quantitative estimate of drug-likeness (QED) is 0.809. The number of hydrogen-bond donors (Lipinski definition) is 1. The highest BCUT2D eigenvalue weighted by molar-refractivity contribution is 5.70. The van der Waals surface area contributed by atoms with Crippen LogP contribution in [-0.4, -0.2) is 61.0 Å². The van der Waals surface area contributed by atoms with Gasteiger partial charge in [-0.1, -0.05) is 12.1 Å². The molecular formula is C22H35N3O3. The summed E-state index contributed by atoms with van der Waals surface area (Å²) in [7, 11) is 0. The van der Waals surface area contributed by atoms with Crippen molar-refractivity contribution in [3.63, 3.8) is 0 Å². The number of hydrogen-bond acceptors (Lipinski definition) is 5. The smallest absolute Gasteiger partial charge is 0.410 e. The van der Waals surface area contributed by atoms with Gasteiger partial charge in [0, 0.05) is 31.4 Å². The van der Waals surface area contributed by atoms with Crippen molar-refractivity contribution in [3.05, 3.63) is 29.8 Å². The Bertz CT molecular complexity index is 642. The van der Waals surface area contributed by atoms with Crippen molar-refractivity contribution in [1.82, 2.24) is 4.90 Å². The van der Waals surface area contributed by atoms with Crippen molar-refractivity contribution in [2.45, 2.75) is 70.7 Å². The molecule has 28 heavy (non-hydrogen) atoms. The normalized spacial score (nSPS) is 23.0. The number of carbonyl (C=O) groups is 1. The lowest BCUT2D eigenvalue weighted by atomic mass is 10.1. The molecule has 0 aliphatic carbocycles. The van der Waals surface area contributed by atoms with E-state index in [0.29, 0.717) is 13.2 Å². The third-order valence-corrected chi connectivity index (χ3v) is 5.42. The number of piperazine rings is 1. The molecule has 3 rings (SSSR count). The fourth-order valence-electron chi connectivity index (χ4n) is 4.20. The summed E-state index contributed by atoms with van der Waals surface area (Å²) in [5.41, 5.74) is 8.11. The summed E-state index contributed by atoms with van der Waals surface area (Å²) >= 11 is 0. The molecular weight excluding hydrogens is 354 g/mol. The Hall–Kier alpha value is -1.79. The summed E-state index contributed by atoms with van der Waals surface area (Å²) in [4.78, 5) is 17.0. The fraction of sp³-hybridized carbons (Fsp3) is 0.682. The van der Waals surface area contributed by atoms with Crippen molar-refractivity contribution in [2.24, 2.45) is 5.73 Å². The van der Waals surface area contributed by atoms with E-state index in [9.17, 15) is 4.79 Å². The predicted octanol–water partition coefficient (Wildman–Crippen LogP) is 3.18. The second-order valence-corrected chi connectivity index (χ2v) is 8.97. The number of anilines is 1. The van der Waals surface area contributed by atoms with Gasteiger partial charge in [0.1, 0.15) is 5.60 Å². The van der Waals surface area contributed by atoms with E-state index in [-0.39, 0.29) is 24.2 Å². The molecule has 2 aliphatic rings. The molecule has 156 valence electrons. The zero-order valence-corrected chi connectivity index (χ0v) is 17.7. The van der Waals surface area contributed by atoms with Crippen molar-refractivity contribution < 1.29 is 14.3 Å². The minimum atomic E-state index is -0.452. The van der Waals surface area contributed by atoms with E-state index < -0.39 is 5.60 Å². The first-order valence-corrected chi connectivity index (χ1v) is 10.5. The molecule has 0 spiro atoms. The summed E-state index contributed by atoms with van der Waals surface area (Å²) in [6, 6.07) is 9.14. The Balaban J connectivity index is 1.59. The lowest BCUT2D eigenvalue weighted by molar-refractivity contribution is 0.0123. The maximum Gasteiger partial charge on any atom is 0.410 e. The Kier molecular flexibility index (Phi) is 6.50. The summed E-state index contributed by atoms with van der Waals surface area (Å²) in [6.45, 7) is 10.8. The zero-order chi connectivity index (χ0) is 20.3. The molecule has 1 amide bonds. The van der Waals surface area contributed by atoms with Gasteiger partial charge in [-0.05, 0) is 64.7 Å². The van der Waals surface area contributed by atoms with Crippen LogP contribution in [0.15, 0.2) is 24.3 Å². The third kappa shape index (κ3) is 5.17. The molecule has 2 saturated heterocycles. The Morgan fingerprint density at radius 2 is 1.79 bits per heavy atom. The van der Waals surface area contributed by atoms with E-state index in [0.717, 1.165) is 32.4 Å². The number of nitrogens with two attached hydrogens (primary N) is 1. The minimum Gasteiger partial charge on any atom is -0.444 e. The van der Waals surface area contributed by atoms with Crippen LogP contribution in [0.4, 0.5) is 10.5 Å². The van der Waals surface area contributed by atoms with Gasteiger partial charge in [0.2, 0.25) is 0 Å². The molecule has 6 nitrogen and oxygen atoms in total. The van der Waals surface area contributed by atoms with Crippen molar-refractivity contribution >= 4 is 11.8 Å². The van der Waals surface area contributed by atoms with Crippen LogP contribution in [0.1, 0.15) is 46.1 Å².